The van der Waals surface area contributed by atoms with Gasteiger partial charge in [0.15, 0.2) is 4.33 Å². The van der Waals surface area contributed by atoms with Crippen LogP contribution in [0.3, 0.4) is 0 Å². The first-order valence-corrected chi connectivity index (χ1v) is 6.09. The van der Waals surface area contributed by atoms with E-state index in [2.05, 4.69) is 9.47 Å². The molecule has 1 unspecified atom stereocenters. The number of allylic oxidation sites excluding steroid dienone is 1. The second kappa shape index (κ2) is 5.70. The first-order chi connectivity index (χ1) is 8.26. The summed E-state index contributed by atoms with van der Waals surface area (Å²) in [6.07, 6.45) is 1.11. The van der Waals surface area contributed by atoms with Crippen LogP contribution in [0.15, 0.2) is 21.7 Å². The Kier molecular flexibility index (Phi) is 4.95. The van der Waals surface area contributed by atoms with Crippen molar-refractivity contribution in [1.29, 1.82) is 0 Å². The zero-order chi connectivity index (χ0) is 14.1. The van der Waals surface area contributed by atoms with Crippen molar-refractivity contribution in [3.8, 4) is 0 Å². The van der Waals surface area contributed by atoms with E-state index in [-0.39, 0.29) is 15.6 Å². The summed E-state index contributed by atoms with van der Waals surface area (Å²) in [4.78, 5) is 23.0. The third-order valence-electron chi connectivity index (χ3n) is 2.26. The molecule has 0 aliphatic heterocycles. The molecule has 0 saturated heterocycles. The van der Waals surface area contributed by atoms with E-state index in [9.17, 15) is 9.59 Å². The summed E-state index contributed by atoms with van der Waals surface area (Å²) in [5.74, 6) is -2.72. The number of ether oxygens (including phenoxy) is 2. The normalized spacial score (nSPS) is 22.3. The van der Waals surface area contributed by atoms with Crippen LogP contribution in [-0.2, 0) is 19.1 Å². The van der Waals surface area contributed by atoms with Crippen LogP contribution < -0.4 is 0 Å². The summed E-state index contributed by atoms with van der Waals surface area (Å²) in [6.45, 7) is 0. The van der Waals surface area contributed by atoms with Gasteiger partial charge in [-0.25, -0.2) is 4.79 Å². The van der Waals surface area contributed by atoms with Crippen molar-refractivity contribution in [3.05, 3.63) is 21.7 Å². The van der Waals surface area contributed by atoms with E-state index in [4.69, 9.17) is 46.4 Å². The van der Waals surface area contributed by atoms with E-state index in [1.54, 1.807) is 0 Å². The molecule has 0 aromatic carbocycles. The molecule has 18 heavy (non-hydrogen) atoms. The Morgan fingerprint density at radius 3 is 2.22 bits per heavy atom. The monoisotopic (exact) mass is 332 g/mol. The molecule has 0 N–H and O–H groups in total. The van der Waals surface area contributed by atoms with Gasteiger partial charge in [-0.2, -0.15) is 0 Å². The average Bonchev–Trinajstić information content (AvgIpc) is 2.32. The van der Waals surface area contributed by atoms with Crippen molar-refractivity contribution in [1.82, 2.24) is 0 Å². The largest absolute Gasteiger partial charge is 0.468 e. The molecule has 4 nitrogen and oxygen atoms in total. The van der Waals surface area contributed by atoms with E-state index in [0.29, 0.717) is 0 Å². The molecule has 0 saturated carbocycles. The predicted molar refractivity (Wildman–Crippen MR) is 68.8 cm³/mol. The fourth-order valence-electron chi connectivity index (χ4n) is 1.40. The smallest absolute Gasteiger partial charge is 0.339 e. The first kappa shape index (κ1) is 15.6. The van der Waals surface area contributed by atoms with Crippen LogP contribution in [-0.4, -0.2) is 30.5 Å². The fraction of sp³-hybridized carbons (Fsp3) is 0.400. The van der Waals surface area contributed by atoms with Gasteiger partial charge in [-0.3, -0.25) is 4.79 Å². The van der Waals surface area contributed by atoms with Crippen LogP contribution in [0.4, 0.5) is 0 Å². The molecule has 8 heteroatoms. The predicted octanol–water partition coefficient (Wildman–Crippen LogP) is 2.75. The Balaban J connectivity index is 3.32. The highest BCUT2D eigenvalue weighted by Gasteiger charge is 2.47. The minimum Gasteiger partial charge on any atom is -0.468 e. The molecule has 100 valence electrons. The molecule has 0 fully saturated rings. The van der Waals surface area contributed by atoms with Gasteiger partial charge >= 0.3 is 11.9 Å². The summed E-state index contributed by atoms with van der Waals surface area (Å²) in [7, 11) is 2.32. The van der Waals surface area contributed by atoms with Crippen molar-refractivity contribution < 1.29 is 19.1 Å². The lowest BCUT2D eigenvalue weighted by Crippen LogP contribution is -2.36. The number of rotatable bonds is 2. The van der Waals surface area contributed by atoms with E-state index >= 15 is 0 Å². The lowest BCUT2D eigenvalue weighted by molar-refractivity contribution is -0.144. The molecule has 1 rings (SSSR count). The summed E-state index contributed by atoms with van der Waals surface area (Å²) in [5.41, 5.74) is -0.102. The quantitative estimate of drug-likeness (QED) is 0.576. The van der Waals surface area contributed by atoms with Crippen LogP contribution in [0.5, 0.6) is 0 Å². The lowest BCUT2D eigenvalue weighted by Gasteiger charge is -2.29. The number of carbonyl (C=O) groups is 2. The lowest BCUT2D eigenvalue weighted by atomic mass is 9.95. The number of methoxy groups -OCH3 is 2. The second-order valence-corrected chi connectivity index (χ2v) is 5.57. The molecule has 0 spiro atoms. The summed E-state index contributed by atoms with van der Waals surface area (Å²) in [5, 5.41) is -0.313. The van der Waals surface area contributed by atoms with Crippen molar-refractivity contribution >= 4 is 58.3 Å². The van der Waals surface area contributed by atoms with Gasteiger partial charge in [0, 0.05) is 0 Å². The van der Waals surface area contributed by atoms with Crippen LogP contribution in [0.1, 0.15) is 0 Å². The van der Waals surface area contributed by atoms with Crippen LogP contribution in [0.2, 0.25) is 0 Å². The molecule has 0 bridgehead atoms. The molecular formula is C10H8Cl4O4. The van der Waals surface area contributed by atoms with E-state index in [0.717, 1.165) is 20.3 Å². The number of hydrogen-bond donors (Lipinski definition) is 0. The number of alkyl halides is 2. The van der Waals surface area contributed by atoms with Gasteiger partial charge in [-0.15, -0.1) is 0 Å². The molecular weight excluding hydrogens is 326 g/mol. The standard InChI is InChI=1S/C10H8Cl4O4/c1-17-8(15)4-3-10(13,14)5(9(16)18-2)7(12)6(4)11/h3,5H,1-2H3. The van der Waals surface area contributed by atoms with E-state index in [1.807, 2.05) is 0 Å². The van der Waals surface area contributed by atoms with Crippen molar-refractivity contribution in [2.45, 2.75) is 4.33 Å². The van der Waals surface area contributed by atoms with Gasteiger partial charge in [0.1, 0.15) is 5.92 Å². The van der Waals surface area contributed by atoms with Gasteiger partial charge in [0.2, 0.25) is 0 Å². The third-order valence-corrected chi connectivity index (χ3v) is 3.83. The summed E-state index contributed by atoms with van der Waals surface area (Å²) < 4.78 is 7.30. The van der Waals surface area contributed by atoms with Crippen LogP contribution in [0.25, 0.3) is 0 Å². The second-order valence-electron chi connectivity index (χ2n) is 3.34. The molecule has 1 aliphatic rings. The minimum atomic E-state index is -1.74. The average molecular weight is 334 g/mol. The molecule has 0 aromatic heterocycles. The first-order valence-electron chi connectivity index (χ1n) is 4.58. The van der Waals surface area contributed by atoms with Crippen molar-refractivity contribution in [3.63, 3.8) is 0 Å². The van der Waals surface area contributed by atoms with Gasteiger partial charge in [-0.05, 0) is 6.08 Å². The zero-order valence-electron chi connectivity index (χ0n) is 9.30. The molecule has 0 radical (unpaired) electrons. The zero-order valence-corrected chi connectivity index (χ0v) is 12.3. The molecule has 0 amide bonds. The van der Waals surface area contributed by atoms with Crippen molar-refractivity contribution in [2.24, 2.45) is 5.92 Å². The Morgan fingerprint density at radius 2 is 1.78 bits per heavy atom. The highest BCUT2D eigenvalue weighted by Crippen LogP contribution is 2.47. The topological polar surface area (TPSA) is 52.6 Å². The maximum Gasteiger partial charge on any atom is 0.339 e. The van der Waals surface area contributed by atoms with Gasteiger partial charge in [-0.1, -0.05) is 46.4 Å². The molecule has 1 aliphatic carbocycles. The van der Waals surface area contributed by atoms with E-state index < -0.39 is 22.2 Å². The minimum absolute atomic E-state index is 0.102. The maximum atomic E-state index is 11.6. The number of carbonyl (C=O) groups excluding carboxylic acids is 2. The molecule has 0 aromatic rings. The molecule has 1 atom stereocenters. The Morgan fingerprint density at radius 1 is 1.22 bits per heavy atom. The highest BCUT2D eigenvalue weighted by molar-refractivity contribution is 6.54. The SMILES string of the molecule is COC(=O)C1=CC(Cl)(Cl)C(C(=O)OC)C(Cl)=C1Cl. The van der Waals surface area contributed by atoms with Crippen molar-refractivity contribution in [2.75, 3.05) is 14.2 Å². The fourth-order valence-corrected chi connectivity index (χ4v) is 2.73. The Bertz CT molecular complexity index is 453. The van der Waals surface area contributed by atoms with Gasteiger partial charge in [0.25, 0.3) is 0 Å². The van der Waals surface area contributed by atoms with Gasteiger partial charge < -0.3 is 9.47 Å². The summed E-state index contributed by atoms with van der Waals surface area (Å²) >= 11 is 23.7. The molecule has 0 heterocycles. The maximum absolute atomic E-state index is 11.6. The third kappa shape index (κ3) is 2.77. The Hall–Kier alpha value is -0.420. The Labute approximate surface area is 123 Å². The number of esters is 2. The number of halogens is 4. The van der Waals surface area contributed by atoms with E-state index in [1.165, 1.54) is 0 Å². The number of hydrogen-bond acceptors (Lipinski definition) is 4. The highest BCUT2D eigenvalue weighted by atomic mass is 35.5. The van der Waals surface area contributed by atoms with Gasteiger partial charge in [0.05, 0.1) is 29.9 Å². The van der Waals surface area contributed by atoms with Crippen LogP contribution in [0, 0.1) is 5.92 Å². The summed E-state index contributed by atoms with van der Waals surface area (Å²) in [6, 6.07) is 0. The van der Waals surface area contributed by atoms with Crippen LogP contribution >= 0.6 is 46.4 Å².